The minimum Gasteiger partial charge on any atom is -0.465 e. The van der Waals surface area contributed by atoms with Gasteiger partial charge in [0.25, 0.3) is 6.02 Å². The number of ether oxygens (including phenoxy) is 1. The highest BCUT2D eigenvalue weighted by molar-refractivity contribution is 5.72. The van der Waals surface area contributed by atoms with Crippen LogP contribution < -0.4 is 5.73 Å². The van der Waals surface area contributed by atoms with Crippen molar-refractivity contribution in [2.24, 2.45) is 10.7 Å². The number of nitrogens with zero attached hydrogens (tertiary/aromatic N) is 1. The lowest BCUT2D eigenvalue weighted by atomic mass is 10.0. The van der Waals surface area contributed by atoms with Crippen LogP contribution in [-0.4, -0.2) is 12.6 Å². The number of aliphatic imine (C=N–C) groups is 1. The standard InChI is InChI=1S/C10H10F2N2O/c11-7-3-1-2-6(9(7)12)8-4-5-15-10(13)14-8/h1-3,8H,4-5H2,(H2,13,14). The fourth-order valence-corrected chi connectivity index (χ4v) is 1.53. The molecule has 1 heterocycles. The zero-order valence-corrected chi connectivity index (χ0v) is 7.91. The molecule has 1 unspecified atom stereocenters. The van der Waals surface area contributed by atoms with Gasteiger partial charge in [-0.2, -0.15) is 0 Å². The fraction of sp³-hybridized carbons (Fsp3) is 0.300. The Kier molecular flexibility index (Phi) is 2.53. The van der Waals surface area contributed by atoms with Crippen molar-refractivity contribution in [3.8, 4) is 0 Å². The van der Waals surface area contributed by atoms with Crippen LogP contribution in [-0.2, 0) is 4.74 Å². The second-order valence-corrected chi connectivity index (χ2v) is 3.26. The van der Waals surface area contributed by atoms with Gasteiger partial charge in [0.15, 0.2) is 11.6 Å². The highest BCUT2D eigenvalue weighted by Crippen LogP contribution is 2.27. The molecule has 0 bridgehead atoms. The molecule has 1 atom stereocenters. The summed E-state index contributed by atoms with van der Waals surface area (Å²) in [6.45, 7) is 0.371. The Morgan fingerprint density at radius 1 is 1.40 bits per heavy atom. The average Bonchev–Trinajstić information content (AvgIpc) is 2.22. The minimum absolute atomic E-state index is 0.0231. The molecule has 0 saturated heterocycles. The molecule has 0 aliphatic carbocycles. The number of nitrogens with two attached hydrogens (primary N) is 1. The van der Waals surface area contributed by atoms with Crippen molar-refractivity contribution in [3.63, 3.8) is 0 Å². The van der Waals surface area contributed by atoms with Crippen molar-refractivity contribution in [1.29, 1.82) is 0 Å². The van der Waals surface area contributed by atoms with E-state index in [1.807, 2.05) is 0 Å². The maximum absolute atomic E-state index is 13.4. The van der Waals surface area contributed by atoms with Crippen LogP contribution in [0.4, 0.5) is 8.78 Å². The monoisotopic (exact) mass is 212 g/mol. The molecule has 1 aliphatic heterocycles. The first-order valence-corrected chi connectivity index (χ1v) is 4.58. The maximum Gasteiger partial charge on any atom is 0.282 e. The predicted octanol–water partition coefficient (Wildman–Crippen LogP) is 1.74. The zero-order valence-electron chi connectivity index (χ0n) is 7.91. The molecule has 0 spiro atoms. The predicted molar refractivity (Wildman–Crippen MR) is 51.3 cm³/mol. The molecule has 2 rings (SSSR count). The molecule has 2 N–H and O–H groups in total. The molecule has 15 heavy (non-hydrogen) atoms. The number of halogens is 2. The van der Waals surface area contributed by atoms with Gasteiger partial charge in [-0.25, -0.2) is 13.8 Å². The quantitative estimate of drug-likeness (QED) is 0.770. The van der Waals surface area contributed by atoms with Gasteiger partial charge in [-0.05, 0) is 6.07 Å². The van der Waals surface area contributed by atoms with Crippen LogP contribution in [0.2, 0.25) is 0 Å². The Labute approximate surface area is 85.6 Å². The second kappa shape index (κ2) is 3.84. The number of amidine groups is 1. The maximum atomic E-state index is 13.4. The van der Waals surface area contributed by atoms with Gasteiger partial charge < -0.3 is 10.5 Å². The third-order valence-electron chi connectivity index (χ3n) is 2.26. The first kappa shape index (κ1) is 9.89. The molecule has 0 fully saturated rings. The molecular weight excluding hydrogens is 202 g/mol. The van der Waals surface area contributed by atoms with Crippen LogP contribution >= 0.6 is 0 Å². The van der Waals surface area contributed by atoms with Crippen molar-refractivity contribution >= 4 is 6.02 Å². The summed E-state index contributed by atoms with van der Waals surface area (Å²) in [6, 6.07) is 3.61. The summed E-state index contributed by atoms with van der Waals surface area (Å²) in [5.41, 5.74) is 5.59. The van der Waals surface area contributed by atoms with E-state index in [0.717, 1.165) is 6.07 Å². The largest absolute Gasteiger partial charge is 0.465 e. The van der Waals surface area contributed by atoms with Gasteiger partial charge in [0, 0.05) is 12.0 Å². The van der Waals surface area contributed by atoms with E-state index in [0.29, 0.717) is 13.0 Å². The van der Waals surface area contributed by atoms with Gasteiger partial charge in [-0.3, -0.25) is 0 Å². The summed E-state index contributed by atoms with van der Waals surface area (Å²) in [4.78, 5) is 3.92. The summed E-state index contributed by atoms with van der Waals surface area (Å²) in [7, 11) is 0. The number of hydrogen-bond donors (Lipinski definition) is 1. The topological polar surface area (TPSA) is 47.6 Å². The molecule has 0 radical (unpaired) electrons. The van der Waals surface area contributed by atoms with Gasteiger partial charge in [0.2, 0.25) is 0 Å². The molecule has 1 aromatic carbocycles. The highest BCUT2D eigenvalue weighted by atomic mass is 19.2. The van der Waals surface area contributed by atoms with Gasteiger partial charge in [0.1, 0.15) is 0 Å². The van der Waals surface area contributed by atoms with Gasteiger partial charge in [-0.15, -0.1) is 0 Å². The Hall–Kier alpha value is -1.65. The van der Waals surface area contributed by atoms with E-state index < -0.39 is 17.7 Å². The molecule has 0 saturated carbocycles. The van der Waals surface area contributed by atoms with E-state index >= 15 is 0 Å². The molecule has 1 aromatic rings. The van der Waals surface area contributed by atoms with E-state index in [2.05, 4.69) is 4.99 Å². The number of benzene rings is 1. The summed E-state index contributed by atoms with van der Waals surface area (Å²) in [6.07, 6.45) is 0.501. The lowest BCUT2D eigenvalue weighted by molar-refractivity contribution is 0.254. The Morgan fingerprint density at radius 2 is 2.20 bits per heavy atom. The molecule has 0 amide bonds. The molecule has 1 aliphatic rings. The number of rotatable bonds is 1. The second-order valence-electron chi connectivity index (χ2n) is 3.26. The fourth-order valence-electron chi connectivity index (χ4n) is 1.53. The van der Waals surface area contributed by atoms with Crippen molar-refractivity contribution < 1.29 is 13.5 Å². The van der Waals surface area contributed by atoms with Crippen LogP contribution in [0.25, 0.3) is 0 Å². The Bertz CT molecular complexity index is 406. The summed E-state index contributed by atoms with van der Waals surface area (Å²) < 4.78 is 31.2. The minimum atomic E-state index is -0.868. The summed E-state index contributed by atoms with van der Waals surface area (Å²) in [5, 5.41) is 0. The van der Waals surface area contributed by atoms with Crippen molar-refractivity contribution in [2.45, 2.75) is 12.5 Å². The highest BCUT2D eigenvalue weighted by Gasteiger charge is 2.21. The van der Waals surface area contributed by atoms with Crippen molar-refractivity contribution in [2.75, 3.05) is 6.61 Å². The van der Waals surface area contributed by atoms with Crippen LogP contribution in [0.15, 0.2) is 23.2 Å². The van der Waals surface area contributed by atoms with Crippen LogP contribution in [0, 0.1) is 11.6 Å². The first-order chi connectivity index (χ1) is 7.18. The van der Waals surface area contributed by atoms with E-state index in [-0.39, 0.29) is 11.6 Å². The van der Waals surface area contributed by atoms with E-state index in [4.69, 9.17) is 10.5 Å². The lowest BCUT2D eigenvalue weighted by Gasteiger charge is -2.19. The zero-order chi connectivity index (χ0) is 10.8. The van der Waals surface area contributed by atoms with Crippen LogP contribution in [0.5, 0.6) is 0 Å². The van der Waals surface area contributed by atoms with Crippen LogP contribution in [0.1, 0.15) is 18.0 Å². The van der Waals surface area contributed by atoms with Gasteiger partial charge in [0.05, 0.1) is 12.6 Å². The molecule has 5 heteroatoms. The molecule has 0 aromatic heterocycles. The average molecular weight is 212 g/mol. The Balaban J connectivity index is 2.37. The third kappa shape index (κ3) is 1.91. The normalized spacial score (nSPS) is 20.7. The molecular formula is C10H10F2N2O. The number of hydrogen-bond acceptors (Lipinski definition) is 3. The smallest absolute Gasteiger partial charge is 0.282 e. The first-order valence-electron chi connectivity index (χ1n) is 4.58. The lowest BCUT2D eigenvalue weighted by Crippen LogP contribution is -2.24. The molecule has 3 nitrogen and oxygen atoms in total. The van der Waals surface area contributed by atoms with E-state index in [1.165, 1.54) is 12.1 Å². The van der Waals surface area contributed by atoms with E-state index in [9.17, 15) is 8.78 Å². The third-order valence-corrected chi connectivity index (χ3v) is 2.26. The molecule has 80 valence electrons. The Morgan fingerprint density at radius 3 is 2.93 bits per heavy atom. The SMILES string of the molecule is NC1=NC(c2cccc(F)c2F)CCO1. The van der Waals surface area contributed by atoms with Crippen molar-refractivity contribution in [3.05, 3.63) is 35.4 Å². The summed E-state index contributed by atoms with van der Waals surface area (Å²) >= 11 is 0. The van der Waals surface area contributed by atoms with Crippen molar-refractivity contribution in [1.82, 2.24) is 0 Å². The van der Waals surface area contributed by atoms with Crippen LogP contribution in [0.3, 0.4) is 0 Å². The van der Waals surface area contributed by atoms with Gasteiger partial charge >= 0.3 is 0 Å². The summed E-state index contributed by atoms with van der Waals surface area (Å²) in [5.74, 6) is -1.73. The van der Waals surface area contributed by atoms with E-state index in [1.54, 1.807) is 0 Å². The van der Waals surface area contributed by atoms with Gasteiger partial charge in [-0.1, -0.05) is 12.1 Å².